The van der Waals surface area contributed by atoms with Gasteiger partial charge in [-0.15, -0.1) is 0 Å². The second kappa shape index (κ2) is 9.17. The molecule has 0 saturated carbocycles. The second-order valence-corrected chi connectivity index (χ2v) is 9.83. The van der Waals surface area contributed by atoms with Crippen molar-refractivity contribution in [1.82, 2.24) is 24.7 Å². The molecule has 0 aliphatic carbocycles. The van der Waals surface area contributed by atoms with Gasteiger partial charge in [-0.2, -0.15) is 13.2 Å². The molecule has 4 N–H and O–H groups in total. The van der Waals surface area contributed by atoms with Gasteiger partial charge in [-0.3, -0.25) is 14.0 Å². The standard InChI is InChI=1S/C26H22F4N8O2/c27-17-11-14(22(39)35-18-12-15(3-6-32-18)26(28,29)30)1-2-16(17)19-20-21(31)33-8-10-38(20)24(36-19)37-9-5-25(13-37)4-7-34-23(25)40/h1-3,6,8,10-12H,4-5,7,9,13H2,(H2,31,33)(H,34,40)(H,32,35,39). The van der Waals surface area contributed by atoms with E-state index in [1.54, 1.807) is 10.6 Å². The number of carbonyl (C=O) groups excluding carboxylic acids is 2. The van der Waals surface area contributed by atoms with Crippen molar-refractivity contribution >= 4 is 34.9 Å². The SMILES string of the molecule is Nc1nccn2c(N3CCC4(CCNC4=O)C3)nc(-c3ccc(C(=O)Nc4cc(C(F)(F)F)ccn4)cc3F)c12. The Morgan fingerprint density at radius 1 is 1.12 bits per heavy atom. The molecule has 1 aromatic carbocycles. The van der Waals surface area contributed by atoms with E-state index in [1.807, 2.05) is 4.90 Å². The number of fused-ring (bicyclic) bond motifs is 1. The first-order chi connectivity index (χ1) is 19.1. The topological polar surface area (TPSA) is 131 Å². The molecule has 5 heterocycles. The summed E-state index contributed by atoms with van der Waals surface area (Å²) in [6.45, 7) is 1.64. The zero-order valence-corrected chi connectivity index (χ0v) is 20.8. The van der Waals surface area contributed by atoms with Crippen molar-refractivity contribution in [3.05, 3.63) is 65.9 Å². The van der Waals surface area contributed by atoms with Crippen molar-refractivity contribution in [3.8, 4) is 11.3 Å². The number of pyridine rings is 1. The lowest BCUT2D eigenvalue weighted by atomic mass is 9.86. The van der Waals surface area contributed by atoms with Gasteiger partial charge in [-0.1, -0.05) is 0 Å². The minimum absolute atomic E-state index is 0.0116. The summed E-state index contributed by atoms with van der Waals surface area (Å²) in [5, 5.41) is 5.15. The first kappa shape index (κ1) is 25.5. The van der Waals surface area contributed by atoms with Crippen LogP contribution in [-0.2, 0) is 11.0 Å². The first-order valence-electron chi connectivity index (χ1n) is 12.4. The van der Waals surface area contributed by atoms with Crippen molar-refractivity contribution in [3.63, 3.8) is 0 Å². The summed E-state index contributed by atoms with van der Waals surface area (Å²) in [4.78, 5) is 39.7. The summed E-state index contributed by atoms with van der Waals surface area (Å²) in [5.41, 5.74) is 5.16. The molecule has 1 unspecified atom stereocenters. The molecule has 40 heavy (non-hydrogen) atoms. The second-order valence-electron chi connectivity index (χ2n) is 9.83. The Hall–Kier alpha value is -4.75. The fourth-order valence-corrected chi connectivity index (χ4v) is 5.32. The average molecular weight is 555 g/mol. The van der Waals surface area contributed by atoms with Gasteiger partial charge < -0.3 is 21.3 Å². The van der Waals surface area contributed by atoms with Crippen LogP contribution in [-0.4, -0.2) is 50.8 Å². The lowest BCUT2D eigenvalue weighted by Gasteiger charge is -2.21. The van der Waals surface area contributed by atoms with Crippen molar-refractivity contribution in [2.75, 3.05) is 35.6 Å². The third-order valence-corrected chi connectivity index (χ3v) is 7.39. The Bertz CT molecular complexity index is 1670. The van der Waals surface area contributed by atoms with Gasteiger partial charge in [0, 0.05) is 49.4 Å². The number of nitrogens with one attached hydrogen (secondary N) is 2. The van der Waals surface area contributed by atoms with Gasteiger partial charge in [0.2, 0.25) is 11.9 Å². The summed E-state index contributed by atoms with van der Waals surface area (Å²) >= 11 is 0. The third-order valence-electron chi connectivity index (χ3n) is 7.39. The maximum Gasteiger partial charge on any atom is 0.416 e. The predicted molar refractivity (Wildman–Crippen MR) is 137 cm³/mol. The van der Waals surface area contributed by atoms with E-state index in [-0.39, 0.29) is 34.4 Å². The number of amides is 2. The zero-order chi connectivity index (χ0) is 28.2. The number of halogens is 4. The Balaban J connectivity index is 1.32. The molecule has 4 aromatic rings. The van der Waals surface area contributed by atoms with Crippen molar-refractivity contribution in [2.45, 2.75) is 19.0 Å². The number of nitrogens with two attached hydrogens (primary N) is 1. The molecule has 2 saturated heterocycles. The molecule has 2 fully saturated rings. The lowest BCUT2D eigenvalue weighted by Crippen LogP contribution is -2.34. The molecule has 10 nitrogen and oxygen atoms in total. The van der Waals surface area contributed by atoms with Gasteiger partial charge >= 0.3 is 6.18 Å². The molecule has 1 spiro atoms. The molecule has 6 rings (SSSR count). The number of nitrogen functional groups attached to an aromatic ring is 1. The number of aromatic nitrogens is 4. The quantitative estimate of drug-likeness (QED) is 0.329. The smallest absolute Gasteiger partial charge is 0.382 e. The van der Waals surface area contributed by atoms with E-state index >= 15 is 4.39 Å². The van der Waals surface area contributed by atoms with Crippen LogP contribution in [0.1, 0.15) is 28.8 Å². The highest BCUT2D eigenvalue weighted by Gasteiger charge is 2.48. The Morgan fingerprint density at radius 2 is 1.95 bits per heavy atom. The highest BCUT2D eigenvalue weighted by Crippen LogP contribution is 2.41. The maximum absolute atomic E-state index is 15.5. The summed E-state index contributed by atoms with van der Waals surface area (Å²) < 4.78 is 56.1. The van der Waals surface area contributed by atoms with Gasteiger partial charge in [0.05, 0.1) is 11.0 Å². The fraction of sp³-hybridized carbons (Fsp3) is 0.269. The summed E-state index contributed by atoms with van der Waals surface area (Å²) in [6.07, 6.45) is 0.830. The monoisotopic (exact) mass is 554 g/mol. The largest absolute Gasteiger partial charge is 0.416 e. The van der Waals surface area contributed by atoms with Crippen LogP contribution < -0.4 is 21.3 Å². The van der Waals surface area contributed by atoms with Crippen molar-refractivity contribution in [1.29, 1.82) is 0 Å². The number of carbonyl (C=O) groups is 2. The Morgan fingerprint density at radius 3 is 2.67 bits per heavy atom. The zero-order valence-electron chi connectivity index (χ0n) is 20.8. The first-order valence-corrected chi connectivity index (χ1v) is 12.4. The van der Waals surface area contributed by atoms with Gasteiger partial charge in [-0.05, 0) is 43.2 Å². The van der Waals surface area contributed by atoms with E-state index in [9.17, 15) is 22.8 Å². The van der Waals surface area contributed by atoms with Crippen LogP contribution in [0.4, 0.5) is 35.1 Å². The molecule has 0 bridgehead atoms. The summed E-state index contributed by atoms with van der Waals surface area (Å²) in [6, 6.07) is 5.10. The molecule has 1 atom stereocenters. The van der Waals surface area contributed by atoms with Crippen LogP contribution in [0.2, 0.25) is 0 Å². The number of anilines is 3. The van der Waals surface area contributed by atoms with Gasteiger partial charge in [-0.25, -0.2) is 19.3 Å². The normalized spacial score (nSPS) is 19.0. The van der Waals surface area contributed by atoms with E-state index in [0.717, 1.165) is 24.8 Å². The van der Waals surface area contributed by atoms with Crippen LogP contribution >= 0.6 is 0 Å². The van der Waals surface area contributed by atoms with Gasteiger partial charge in [0.15, 0.2) is 0 Å². The number of nitrogens with zero attached hydrogens (tertiary/aromatic N) is 5. The number of rotatable bonds is 4. The Kier molecular flexibility index (Phi) is 5.85. The minimum Gasteiger partial charge on any atom is -0.382 e. The summed E-state index contributed by atoms with van der Waals surface area (Å²) in [7, 11) is 0. The van der Waals surface area contributed by atoms with Gasteiger partial charge in [0.25, 0.3) is 5.91 Å². The molecule has 2 aliphatic rings. The van der Waals surface area contributed by atoms with Crippen LogP contribution in [0.3, 0.4) is 0 Å². The number of hydrogen-bond donors (Lipinski definition) is 3. The van der Waals surface area contributed by atoms with E-state index in [0.29, 0.717) is 43.6 Å². The molecular weight excluding hydrogens is 532 g/mol. The van der Waals surface area contributed by atoms with Crippen molar-refractivity contribution < 1.29 is 27.2 Å². The van der Waals surface area contributed by atoms with Crippen LogP contribution in [0, 0.1) is 11.2 Å². The third kappa shape index (κ3) is 4.25. The molecule has 14 heteroatoms. The molecule has 3 aromatic heterocycles. The molecule has 206 valence electrons. The minimum atomic E-state index is -4.61. The lowest BCUT2D eigenvalue weighted by molar-refractivity contribution is -0.137. The van der Waals surface area contributed by atoms with Crippen LogP contribution in [0.25, 0.3) is 16.8 Å². The molecule has 2 aliphatic heterocycles. The average Bonchev–Trinajstić information content (AvgIpc) is 3.62. The van der Waals surface area contributed by atoms with E-state index < -0.39 is 28.9 Å². The predicted octanol–water partition coefficient (Wildman–Crippen LogP) is 3.50. The number of benzene rings is 1. The highest BCUT2D eigenvalue weighted by molar-refractivity contribution is 6.04. The molecular formula is C26H22F4N8O2. The van der Waals surface area contributed by atoms with E-state index in [1.165, 1.54) is 18.3 Å². The maximum atomic E-state index is 15.5. The van der Waals surface area contributed by atoms with Gasteiger partial charge in [0.1, 0.15) is 28.7 Å². The van der Waals surface area contributed by atoms with E-state index in [4.69, 9.17) is 10.7 Å². The number of alkyl halides is 3. The molecule has 0 radical (unpaired) electrons. The van der Waals surface area contributed by atoms with E-state index in [2.05, 4.69) is 20.6 Å². The van der Waals surface area contributed by atoms with Crippen molar-refractivity contribution in [2.24, 2.45) is 5.41 Å². The number of imidazole rings is 1. The fourth-order valence-electron chi connectivity index (χ4n) is 5.32. The highest BCUT2D eigenvalue weighted by atomic mass is 19.4. The Labute approximate surface area is 224 Å². The van der Waals surface area contributed by atoms with Crippen LogP contribution in [0.15, 0.2) is 48.9 Å². The molecule has 2 amide bonds. The van der Waals surface area contributed by atoms with Crippen LogP contribution in [0.5, 0.6) is 0 Å². The number of hydrogen-bond acceptors (Lipinski definition) is 7. The summed E-state index contributed by atoms with van der Waals surface area (Å²) in [5.74, 6) is -1.36.